The van der Waals surface area contributed by atoms with Crippen LogP contribution in [0.4, 0.5) is 5.82 Å². The quantitative estimate of drug-likeness (QED) is 0.911. The zero-order valence-corrected chi connectivity index (χ0v) is 12.7. The van der Waals surface area contributed by atoms with Crippen LogP contribution in [-0.2, 0) is 11.2 Å². The fourth-order valence-corrected chi connectivity index (χ4v) is 1.83. The molecule has 0 aliphatic heterocycles. The number of aryl methyl sites for hydroxylation is 1. The summed E-state index contributed by atoms with van der Waals surface area (Å²) >= 11 is 3.28. The number of rotatable bonds is 5. The molecule has 0 radical (unpaired) electrons. The number of anilines is 1. The van der Waals surface area contributed by atoms with Crippen LogP contribution in [0.5, 0.6) is 5.75 Å². The first-order valence-corrected chi connectivity index (χ1v) is 7.10. The molecule has 2 aromatic rings. The first-order chi connectivity index (χ1) is 9.67. The van der Waals surface area contributed by atoms with E-state index < -0.39 is 0 Å². The molecule has 0 fully saturated rings. The Labute approximate surface area is 126 Å². The highest BCUT2D eigenvalue weighted by atomic mass is 79.9. The van der Waals surface area contributed by atoms with E-state index in [1.807, 2.05) is 30.3 Å². The molecular weight excluding hydrogens is 320 g/mol. The summed E-state index contributed by atoms with van der Waals surface area (Å²) in [5.74, 6) is 0.948. The summed E-state index contributed by atoms with van der Waals surface area (Å²) in [7, 11) is 0. The van der Waals surface area contributed by atoms with Gasteiger partial charge in [0.1, 0.15) is 11.6 Å². The van der Waals surface area contributed by atoms with Gasteiger partial charge >= 0.3 is 0 Å². The molecule has 1 amide bonds. The summed E-state index contributed by atoms with van der Waals surface area (Å²) in [4.78, 5) is 15.8. The van der Waals surface area contributed by atoms with Crippen molar-refractivity contribution in [1.82, 2.24) is 4.98 Å². The van der Waals surface area contributed by atoms with Crippen LogP contribution >= 0.6 is 15.9 Å². The number of hydrogen-bond acceptors (Lipinski definition) is 3. The van der Waals surface area contributed by atoms with Gasteiger partial charge in [-0.15, -0.1) is 0 Å². The molecule has 0 aliphatic rings. The Morgan fingerprint density at radius 3 is 2.60 bits per heavy atom. The Hall–Kier alpha value is -1.88. The van der Waals surface area contributed by atoms with Gasteiger partial charge in [0.05, 0.1) is 0 Å². The van der Waals surface area contributed by atoms with Crippen LogP contribution in [0.3, 0.4) is 0 Å². The van der Waals surface area contributed by atoms with Crippen LogP contribution in [0.15, 0.2) is 47.1 Å². The maximum absolute atomic E-state index is 11.7. The number of benzene rings is 1. The number of ether oxygens (including phenoxy) is 1. The second kappa shape index (κ2) is 7.05. The molecule has 1 N–H and O–H groups in total. The van der Waals surface area contributed by atoms with Crippen molar-refractivity contribution in [2.75, 3.05) is 11.9 Å². The van der Waals surface area contributed by atoms with Crippen LogP contribution in [0, 0.1) is 0 Å². The number of carbonyl (C=O) groups excluding carboxylic acids is 1. The minimum atomic E-state index is -0.237. The third kappa shape index (κ3) is 4.35. The predicted octanol–water partition coefficient (Wildman–Crippen LogP) is 3.42. The Morgan fingerprint density at radius 2 is 2.00 bits per heavy atom. The summed E-state index contributed by atoms with van der Waals surface area (Å²) < 4.78 is 6.28. The lowest BCUT2D eigenvalue weighted by atomic mass is 10.2. The van der Waals surface area contributed by atoms with Gasteiger partial charge in [-0.3, -0.25) is 4.79 Å². The second-order valence-corrected chi connectivity index (χ2v) is 5.11. The summed E-state index contributed by atoms with van der Waals surface area (Å²) in [5, 5.41) is 2.67. The van der Waals surface area contributed by atoms with E-state index in [0.717, 1.165) is 10.9 Å². The topological polar surface area (TPSA) is 51.2 Å². The van der Waals surface area contributed by atoms with Gasteiger partial charge in [0.25, 0.3) is 5.91 Å². The van der Waals surface area contributed by atoms with Crippen LogP contribution in [0.25, 0.3) is 0 Å². The van der Waals surface area contributed by atoms with Crippen LogP contribution in [0.1, 0.15) is 12.5 Å². The highest BCUT2D eigenvalue weighted by Gasteiger charge is 2.04. The number of carbonyl (C=O) groups is 1. The molecule has 0 bridgehead atoms. The third-order valence-electron chi connectivity index (χ3n) is 2.70. The Morgan fingerprint density at radius 1 is 1.25 bits per heavy atom. The standard InChI is InChI=1S/C15H15BrN2O2/c1-2-11-3-6-13(7-4-11)20-10-15(19)18-14-8-5-12(16)9-17-14/h3-9H,2,10H2,1H3,(H,17,18,19). The molecule has 1 aromatic heterocycles. The van der Waals surface area contributed by atoms with E-state index in [1.54, 1.807) is 12.3 Å². The van der Waals surface area contributed by atoms with E-state index in [0.29, 0.717) is 11.6 Å². The van der Waals surface area contributed by atoms with E-state index in [4.69, 9.17) is 4.74 Å². The molecule has 1 heterocycles. The van der Waals surface area contributed by atoms with Gasteiger partial charge < -0.3 is 10.1 Å². The number of amides is 1. The SMILES string of the molecule is CCc1ccc(OCC(=O)Nc2ccc(Br)cn2)cc1. The smallest absolute Gasteiger partial charge is 0.263 e. The van der Waals surface area contributed by atoms with Crippen LogP contribution in [-0.4, -0.2) is 17.5 Å². The van der Waals surface area contributed by atoms with Gasteiger partial charge in [-0.25, -0.2) is 4.98 Å². The Bertz CT molecular complexity index is 567. The molecule has 4 nitrogen and oxygen atoms in total. The minimum Gasteiger partial charge on any atom is -0.484 e. The normalized spacial score (nSPS) is 10.1. The van der Waals surface area contributed by atoms with Crippen molar-refractivity contribution in [3.63, 3.8) is 0 Å². The van der Waals surface area contributed by atoms with Crippen molar-refractivity contribution in [3.05, 3.63) is 52.6 Å². The van der Waals surface area contributed by atoms with Crippen molar-refractivity contribution in [3.8, 4) is 5.75 Å². The van der Waals surface area contributed by atoms with Gasteiger partial charge in [-0.2, -0.15) is 0 Å². The molecular formula is C15H15BrN2O2. The maximum Gasteiger partial charge on any atom is 0.263 e. The summed E-state index contributed by atoms with van der Waals surface area (Å²) in [6, 6.07) is 11.2. The maximum atomic E-state index is 11.7. The first-order valence-electron chi connectivity index (χ1n) is 6.30. The van der Waals surface area contributed by atoms with Crippen molar-refractivity contribution in [2.45, 2.75) is 13.3 Å². The van der Waals surface area contributed by atoms with Gasteiger partial charge in [0.15, 0.2) is 6.61 Å². The molecule has 0 unspecified atom stereocenters. The van der Waals surface area contributed by atoms with E-state index in [2.05, 4.69) is 33.2 Å². The molecule has 0 saturated heterocycles. The van der Waals surface area contributed by atoms with Gasteiger partial charge in [-0.05, 0) is 52.2 Å². The molecule has 0 atom stereocenters. The molecule has 0 spiro atoms. The number of hydrogen-bond donors (Lipinski definition) is 1. The lowest BCUT2D eigenvalue weighted by molar-refractivity contribution is -0.118. The predicted molar refractivity (Wildman–Crippen MR) is 81.9 cm³/mol. The van der Waals surface area contributed by atoms with Crippen molar-refractivity contribution in [1.29, 1.82) is 0 Å². The molecule has 2 rings (SSSR count). The van der Waals surface area contributed by atoms with Crippen LogP contribution in [0.2, 0.25) is 0 Å². The second-order valence-electron chi connectivity index (χ2n) is 4.20. The number of aromatic nitrogens is 1. The van der Waals surface area contributed by atoms with Crippen molar-refractivity contribution in [2.24, 2.45) is 0 Å². The lowest BCUT2D eigenvalue weighted by Gasteiger charge is -2.07. The fourth-order valence-electron chi connectivity index (χ4n) is 1.60. The molecule has 0 saturated carbocycles. The average Bonchev–Trinajstić information content (AvgIpc) is 2.48. The molecule has 5 heteroatoms. The van der Waals surface area contributed by atoms with Crippen molar-refractivity contribution < 1.29 is 9.53 Å². The fraction of sp³-hybridized carbons (Fsp3) is 0.200. The summed E-state index contributed by atoms with van der Waals surface area (Å²) in [6.07, 6.45) is 2.61. The van der Waals surface area contributed by atoms with Gasteiger partial charge in [-0.1, -0.05) is 19.1 Å². The lowest BCUT2D eigenvalue weighted by Crippen LogP contribution is -2.20. The highest BCUT2D eigenvalue weighted by molar-refractivity contribution is 9.10. The summed E-state index contributed by atoms with van der Waals surface area (Å²) in [5.41, 5.74) is 1.24. The first kappa shape index (κ1) is 14.5. The minimum absolute atomic E-state index is 0.0385. The highest BCUT2D eigenvalue weighted by Crippen LogP contribution is 2.13. The van der Waals surface area contributed by atoms with E-state index in [-0.39, 0.29) is 12.5 Å². The largest absolute Gasteiger partial charge is 0.484 e. The molecule has 1 aromatic carbocycles. The Kier molecular flexibility index (Phi) is 5.12. The number of nitrogens with one attached hydrogen (secondary N) is 1. The number of halogens is 1. The summed E-state index contributed by atoms with van der Waals surface area (Å²) in [6.45, 7) is 2.05. The molecule has 104 valence electrons. The molecule has 20 heavy (non-hydrogen) atoms. The van der Waals surface area contributed by atoms with E-state index >= 15 is 0 Å². The van der Waals surface area contributed by atoms with Crippen LogP contribution < -0.4 is 10.1 Å². The zero-order valence-electron chi connectivity index (χ0n) is 11.1. The third-order valence-corrected chi connectivity index (χ3v) is 3.17. The zero-order chi connectivity index (χ0) is 14.4. The number of nitrogens with zero attached hydrogens (tertiary/aromatic N) is 1. The monoisotopic (exact) mass is 334 g/mol. The Balaban J connectivity index is 1.83. The van der Waals surface area contributed by atoms with Gasteiger partial charge in [0, 0.05) is 10.7 Å². The van der Waals surface area contributed by atoms with E-state index in [1.165, 1.54) is 5.56 Å². The van der Waals surface area contributed by atoms with Crippen molar-refractivity contribution >= 4 is 27.7 Å². The number of pyridine rings is 1. The average molecular weight is 335 g/mol. The van der Waals surface area contributed by atoms with E-state index in [9.17, 15) is 4.79 Å². The molecule has 0 aliphatic carbocycles. The van der Waals surface area contributed by atoms with Gasteiger partial charge in [0.2, 0.25) is 0 Å².